The first-order valence-electron chi connectivity index (χ1n) is 9.02. The molecule has 2 N–H and O–H groups in total. The van der Waals surface area contributed by atoms with Crippen molar-refractivity contribution < 1.29 is 28.6 Å². The van der Waals surface area contributed by atoms with E-state index >= 15 is 0 Å². The van der Waals surface area contributed by atoms with Crippen molar-refractivity contribution in [3.05, 3.63) is 53.6 Å². The summed E-state index contributed by atoms with van der Waals surface area (Å²) in [7, 11) is 2.85. The van der Waals surface area contributed by atoms with Crippen LogP contribution < -0.4 is 20.1 Å². The van der Waals surface area contributed by atoms with E-state index in [0.29, 0.717) is 11.4 Å². The Kier molecular flexibility index (Phi) is 8.02. The molecule has 2 aromatic carbocycles. The summed E-state index contributed by atoms with van der Waals surface area (Å²) < 4.78 is 15.3. The van der Waals surface area contributed by atoms with Crippen molar-refractivity contribution in [1.29, 1.82) is 0 Å². The molecule has 0 atom stereocenters. The molecule has 0 bridgehead atoms. The number of methoxy groups -OCH3 is 2. The van der Waals surface area contributed by atoms with Crippen LogP contribution in [0.5, 0.6) is 11.5 Å². The Morgan fingerprint density at radius 2 is 1.69 bits per heavy atom. The summed E-state index contributed by atoms with van der Waals surface area (Å²) in [5.41, 5.74) is 1.83. The van der Waals surface area contributed by atoms with Crippen molar-refractivity contribution >= 4 is 23.5 Å². The average Bonchev–Trinajstić information content (AvgIpc) is 2.75. The highest BCUT2D eigenvalue weighted by molar-refractivity contribution is 5.97. The smallest absolute Gasteiger partial charge is 0.342 e. The van der Waals surface area contributed by atoms with Gasteiger partial charge in [-0.2, -0.15) is 0 Å². The van der Waals surface area contributed by atoms with E-state index in [1.165, 1.54) is 20.3 Å². The first-order valence-corrected chi connectivity index (χ1v) is 9.02. The van der Waals surface area contributed by atoms with Crippen LogP contribution in [-0.4, -0.2) is 45.2 Å². The van der Waals surface area contributed by atoms with Crippen molar-refractivity contribution in [2.45, 2.75) is 13.3 Å². The third kappa shape index (κ3) is 5.97. The molecule has 29 heavy (non-hydrogen) atoms. The molecular weight excluding hydrogens is 376 g/mol. The topological polar surface area (TPSA) is 103 Å². The zero-order valence-corrected chi connectivity index (χ0v) is 16.6. The fourth-order valence-electron chi connectivity index (χ4n) is 2.63. The van der Waals surface area contributed by atoms with Gasteiger partial charge in [0.05, 0.1) is 20.8 Å². The molecule has 0 aliphatic heterocycles. The van der Waals surface area contributed by atoms with Gasteiger partial charge in [-0.1, -0.05) is 31.2 Å². The van der Waals surface area contributed by atoms with E-state index in [2.05, 4.69) is 10.6 Å². The molecule has 2 aromatic rings. The van der Waals surface area contributed by atoms with Crippen molar-refractivity contribution in [3.8, 4) is 11.5 Å². The molecule has 0 spiro atoms. The van der Waals surface area contributed by atoms with Crippen LogP contribution in [0, 0.1) is 0 Å². The van der Waals surface area contributed by atoms with E-state index in [1.54, 1.807) is 18.2 Å². The third-order valence-corrected chi connectivity index (χ3v) is 4.08. The van der Waals surface area contributed by atoms with Gasteiger partial charge in [-0.15, -0.1) is 0 Å². The number of anilines is 1. The Balaban J connectivity index is 1.84. The summed E-state index contributed by atoms with van der Waals surface area (Å²) in [6, 6.07) is 12.2. The lowest BCUT2D eigenvalue weighted by Gasteiger charge is -2.12. The van der Waals surface area contributed by atoms with Gasteiger partial charge in [-0.05, 0) is 30.2 Å². The van der Waals surface area contributed by atoms with Crippen LogP contribution in [0.1, 0.15) is 22.8 Å². The number of ether oxygens (including phenoxy) is 3. The van der Waals surface area contributed by atoms with Crippen molar-refractivity contribution in [2.24, 2.45) is 0 Å². The summed E-state index contributed by atoms with van der Waals surface area (Å²) in [5, 5.41) is 5.16. The fraction of sp³-hybridized carbons (Fsp3) is 0.286. The molecule has 0 radical (unpaired) electrons. The second kappa shape index (κ2) is 10.7. The van der Waals surface area contributed by atoms with Crippen LogP contribution in [0.3, 0.4) is 0 Å². The van der Waals surface area contributed by atoms with Gasteiger partial charge in [-0.25, -0.2) is 4.79 Å². The minimum Gasteiger partial charge on any atom is -0.493 e. The summed E-state index contributed by atoms with van der Waals surface area (Å²) in [6.45, 7) is 1.22. The van der Waals surface area contributed by atoms with Crippen molar-refractivity contribution in [3.63, 3.8) is 0 Å². The van der Waals surface area contributed by atoms with Crippen LogP contribution in [0.25, 0.3) is 0 Å². The number of hydrogen-bond acceptors (Lipinski definition) is 6. The molecule has 0 saturated carbocycles. The Labute approximate surface area is 169 Å². The molecule has 2 amide bonds. The van der Waals surface area contributed by atoms with Crippen LogP contribution in [-0.2, 0) is 20.7 Å². The fourth-order valence-corrected chi connectivity index (χ4v) is 2.63. The van der Waals surface area contributed by atoms with Gasteiger partial charge in [0.1, 0.15) is 5.56 Å². The van der Waals surface area contributed by atoms with Gasteiger partial charge >= 0.3 is 5.97 Å². The van der Waals surface area contributed by atoms with Gasteiger partial charge in [0.25, 0.3) is 5.91 Å². The zero-order chi connectivity index (χ0) is 21.2. The predicted octanol–water partition coefficient (Wildman–Crippen LogP) is 2.18. The molecule has 2 rings (SSSR count). The normalized spacial score (nSPS) is 10.0. The van der Waals surface area contributed by atoms with E-state index < -0.39 is 18.5 Å². The number of para-hydroxylation sites is 2. The SMILES string of the molecule is CCc1ccccc1NC(=O)CNC(=O)COC(=O)c1cccc(OC)c1OC. The number of esters is 1. The first-order chi connectivity index (χ1) is 14.0. The van der Waals surface area contributed by atoms with Gasteiger partial charge in [0.2, 0.25) is 5.91 Å². The first kappa shape index (κ1) is 21.7. The van der Waals surface area contributed by atoms with Gasteiger partial charge < -0.3 is 24.8 Å². The quantitative estimate of drug-likeness (QED) is 0.626. The Hall–Kier alpha value is -3.55. The third-order valence-electron chi connectivity index (χ3n) is 4.08. The lowest BCUT2D eigenvalue weighted by atomic mass is 10.1. The number of nitrogens with one attached hydrogen (secondary N) is 2. The second-order valence-electron chi connectivity index (χ2n) is 5.95. The minimum absolute atomic E-state index is 0.133. The molecule has 0 unspecified atom stereocenters. The number of carbonyl (C=O) groups excluding carboxylic acids is 3. The van der Waals surface area contributed by atoms with E-state index in [-0.39, 0.29) is 23.8 Å². The molecular formula is C21H24N2O6. The van der Waals surface area contributed by atoms with Crippen molar-refractivity contribution in [1.82, 2.24) is 5.32 Å². The maximum absolute atomic E-state index is 12.2. The van der Waals surface area contributed by atoms with E-state index in [9.17, 15) is 14.4 Å². The number of rotatable bonds is 9. The monoisotopic (exact) mass is 400 g/mol. The Morgan fingerprint density at radius 1 is 0.931 bits per heavy atom. The standard InChI is InChI=1S/C21H24N2O6/c1-4-14-8-5-6-10-16(14)23-18(24)12-22-19(25)13-29-21(26)15-9-7-11-17(27-2)20(15)28-3/h5-11H,4,12-13H2,1-3H3,(H,22,25)(H,23,24). The van der Waals surface area contributed by atoms with E-state index in [0.717, 1.165) is 12.0 Å². The number of aryl methyl sites for hydroxylation is 1. The van der Waals surface area contributed by atoms with Gasteiger partial charge in [0, 0.05) is 5.69 Å². The van der Waals surface area contributed by atoms with Gasteiger partial charge in [-0.3, -0.25) is 9.59 Å². The Morgan fingerprint density at radius 3 is 2.38 bits per heavy atom. The van der Waals surface area contributed by atoms with Crippen LogP contribution >= 0.6 is 0 Å². The average molecular weight is 400 g/mol. The number of hydrogen-bond donors (Lipinski definition) is 2. The van der Waals surface area contributed by atoms with Crippen LogP contribution in [0.15, 0.2) is 42.5 Å². The van der Waals surface area contributed by atoms with Crippen LogP contribution in [0.2, 0.25) is 0 Å². The number of benzene rings is 2. The molecule has 0 aliphatic rings. The second-order valence-corrected chi connectivity index (χ2v) is 5.95. The molecule has 0 heterocycles. The lowest BCUT2D eigenvalue weighted by molar-refractivity contribution is -0.126. The summed E-state index contributed by atoms with van der Waals surface area (Å²) in [5.74, 6) is -1.12. The maximum atomic E-state index is 12.2. The maximum Gasteiger partial charge on any atom is 0.342 e. The summed E-state index contributed by atoms with van der Waals surface area (Å²) >= 11 is 0. The molecule has 8 nitrogen and oxygen atoms in total. The number of amides is 2. The molecule has 0 fully saturated rings. The summed E-state index contributed by atoms with van der Waals surface area (Å²) in [4.78, 5) is 36.2. The highest BCUT2D eigenvalue weighted by Gasteiger charge is 2.19. The molecule has 154 valence electrons. The molecule has 0 saturated heterocycles. The highest BCUT2D eigenvalue weighted by Crippen LogP contribution is 2.31. The lowest BCUT2D eigenvalue weighted by Crippen LogP contribution is -2.35. The highest BCUT2D eigenvalue weighted by atomic mass is 16.5. The predicted molar refractivity (Wildman–Crippen MR) is 107 cm³/mol. The largest absolute Gasteiger partial charge is 0.493 e. The molecule has 0 aliphatic carbocycles. The number of carbonyl (C=O) groups is 3. The molecule has 0 aromatic heterocycles. The minimum atomic E-state index is -0.739. The van der Waals surface area contributed by atoms with E-state index in [4.69, 9.17) is 14.2 Å². The van der Waals surface area contributed by atoms with Gasteiger partial charge in [0.15, 0.2) is 18.1 Å². The zero-order valence-electron chi connectivity index (χ0n) is 16.6. The van der Waals surface area contributed by atoms with E-state index in [1.807, 2.05) is 25.1 Å². The Bertz CT molecular complexity index is 881. The summed E-state index contributed by atoms with van der Waals surface area (Å²) in [6.07, 6.45) is 0.770. The molecule has 8 heteroatoms. The van der Waals surface area contributed by atoms with Crippen LogP contribution in [0.4, 0.5) is 5.69 Å². The van der Waals surface area contributed by atoms with Crippen molar-refractivity contribution in [2.75, 3.05) is 32.7 Å².